The SMILES string of the molecule is COc1cnc2cc(N3CCOCC3)nc(OC3CCC(n4ccnc4)CC3)c2c1. The maximum Gasteiger partial charge on any atom is 0.225 e. The minimum absolute atomic E-state index is 0.145. The van der Waals surface area contributed by atoms with Gasteiger partial charge in [0.2, 0.25) is 5.88 Å². The molecule has 1 aliphatic heterocycles. The van der Waals surface area contributed by atoms with E-state index >= 15 is 0 Å². The molecule has 30 heavy (non-hydrogen) atoms. The first kappa shape index (κ1) is 19.1. The first-order chi connectivity index (χ1) is 14.8. The van der Waals surface area contributed by atoms with E-state index in [-0.39, 0.29) is 6.10 Å². The number of morpholine rings is 1. The number of anilines is 1. The minimum Gasteiger partial charge on any atom is -0.495 e. The number of pyridine rings is 2. The summed E-state index contributed by atoms with van der Waals surface area (Å²) in [6, 6.07) is 4.49. The van der Waals surface area contributed by atoms with Gasteiger partial charge in [-0.15, -0.1) is 0 Å². The van der Waals surface area contributed by atoms with E-state index in [1.54, 1.807) is 13.3 Å². The molecule has 0 bridgehead atoms. The second-order valence-corrected chi connectivity index (χ2v) is 7.89. The summed E-state index contributed by atoms with van der Waals surface area (Å²) >= 11 is 0. The highest BCUT2D eigenvalue weighted by molar-refractivity contribution is 5.87. The van der Waals surface area contributed by atoms with Crippen LogP contribution in [0.4, 0.5) is 5.82 Å². The van der Waals surface area contributed by atoms with Crippen molar-refractivity contribution in [1.82, 2.24) is 19.5 Å². The van der Waals surface area contributed by atoms with E-state index in [9.17, 15) is 0 Å². The van der Waals surface area contributed by atoms with Crippen LogP contribution in [-0.2, 0) is 4.74 Å². The van der Waals surface area contributed by atoms with Crippen LogP contribution < -0.4 is 14.4 Å². The highest BCUT2D eigenvalue weighted by Crippen LogP contribution is 2.34. The molecule has 0 aromatic carbocycles. The quantitative estimate of drug-likeness (QED) is 0.640. The largest absolute Gasteiger partial charge is 0.495 e. The molecule has 158 valence electrons. The number of hydrogen-bond acceptors (Lipinski definition) is 7. The Labute approximate surface area is 175 Å². The molecular formula is C22H27N5O3. The summed E-state index contributed by atoms with van der Waals surface area (Å²) in [5, 5.41) is 0.892. The summed E-state index contributed by atoms with van der Waals surface area (Å²) in [7, 11) is 1.65. The van der Waals surface area contributed by atoms with Crippen molar-refractivity contribution in [3.63, 3.8) is 0 Å². The van der Waals surface area contributed by atoms with Crippen LogP contribution in [0.25, 0.3) is 10.9 Å². The Balaban J connectivity index is 1.40. The fraction of sp³-hybridized carbons (Fsp3) is 0.500. The second-order valence-electron chi connectivity index (χ2n) is 7.89. The summed E-state index contributed by atoms with van der Waals surface area (Å²) in [6.45, 7) is 3.07. The highest BCUT2D eigenvalue weighted by Gasteiger charge is 2.25. The van der Waals surface area contributed by atoms with E-state index < -0.39 is 0 Å². The van der Waals surface area contributed by atoms with Crippen molar-refractivity contribution in [2.75, 3.05) is 38.3 Å². The van der Waals surface area contributed by atoms with Crippen LogP contribution in [0.1, 0.15) is 31.7 Å². The second kappa shape index (κ2) is 8.47. The van der Waals surface area contributed by atoms with Crippen molar-refractivity contribution < 1.29 is 14.2 Å². The number of rotatable bonds is 5. The average Bonchev–Trinajstić information content (AvgIpc) is 3.35. The molecular weight excluding hydrogens is 382 g/mol. The zero-order valence-corrected chi connectivity index (χ0v) is 17.2. The number of aromatic nitrogens is 4. The number of nitrogens with zero attached hydrogens (tertiary/aromatic N) is 5. The first-order valence-electron chi connectivity index (χ1n) is 10.6. The molecule has 4 heterocycles. The van der Waals surface area contributed by atoms with Gasteiger partial charge in [0.15, 0.2) is 0 Å². The number of imidazole rings is 1. The molecule has 0 atom stereocenters. The van der Waals surface area contributed by atoms with Crippen molar-refractivity contribution in [1.29, 1.82) is 0 Å². The third-order valence-corrected chi connectivity index (χ3v) is 6.05. The number of methoxy groups -OCH3 is 1. The predicted molar refractivity (Wildman–Crippen MR) is 113 cm³/mol. The Hall–Kier alpha value is -2.87. The van der Waals surface area contributed by atoms with E-state index in [1.165, 1.54) is 0 Å². The number of ether oxygens (including phenoxy) is 3. The maximum atomic E-state index is 6.48. The van der Waals surface area contributed by atoms with Gasteiger partial charge < -0.3 is 23.7 Å². The Bertz CT molecular complexity index is 980. The van der Waals surface area contributed by atoms with Gasteiger partial charge in [-0.3, -0.25) is 4.98 Å². The molecule has 2 fully saturated rings. The topological polar surface area (TPSA) is 74.5 Å². The predicted octanol–water partition coefficient (Wildman–Crippen LogP) is 3.23. The van der Waals surface area contributed by atoms with Gasteiger partial charge in [-0.25, -0.2) is 4.98 Å². The third-order valence-electron chi connectivity index (χ3n) is 6.05. The molecule has 1 aliphatic carbocycles. The Morgan fingerprint density at radius 3 is 2.67 bits per heavy atom. The van der Waals surface area contributed by atoms with Gasteiger partial charge in [0.25, 0.3) is 0 Å². The van der Waals surface area contributed by atoms with Crippen molar-refractivity contribution in [2.24, 2.45) is 0 Å². The summed E-state index contributed by atoms with van der Waals surface area (Å²) in [4.78, 5) is 15.9. The molecule has 8 heteroatoms. The molecule has 3 aromatic rings. The maximum absolute atomic E-state index is 6.48. The minimum atomic E-state index is 0.145. The van der Waals surface area contributed by atoms with Crippen LogP contribution in [0.2, 0.25) is 0 Å². The standard InChI is InChI=1S/C22H27N5O3/c1-28-18-12-19-20(24-14-18)13-21(26-8-10-29-11-9-26)25-22(19)30-17-4-2-16(3-5-17)27-7-6-23-15-27/h6-7,12-17H,2-5,8-11H2,1H3. The molecule has 8 nitrogen and oxygen atoms in total. The molecule has 5 rings (SSSR count). The van der Waals surface area contributed by atoms with Crippen LogP contribution in [0.5, 0.6) is 11.6 Å². The number of hydrogen-bond donors (Lipinski definition) is 0. The summed E-state index contributed by atoms with van der Waals surface area (Å²) in [5.74, 6) is 2.24. The molecule has 0 N–H and O–H groups in total. The average molecular weight is 409 g/mol. The molecule has 1 saturated carbocycles. The fourth-order valence-corrected chi connectivity index (χ4v) is 4.32. The Morgan fingerprint density at radius 1 is 1.10 bits per heavy atom. The first-order valence-corrected chi connectivity index (χ1v) is 10.6. The molecule has 0 amide bonds. The van der Waals surface area contributed by atoms with E-state index in [0.29, 0.717) is 30.9 Å². The number of fused-ring (bicyclic) bond motifs is 1. The third kappa shape index (κ3) is 3.92. The summed E-state index contributed by atoms with van der Waals surface area (Å²) in [5.41, 5.74) is 0.870. The van der Waals surface area contributed by atoms with Crippen LogP contribution in [-0.4, -0.2) is 59.0 Å². The Morgan fingerprint density at radius 2 is 1.93 bits per heavy atom. The van der Waals surface area contributed by atoms with Gasteiger partial charge in [-0.1, -0.05) is 0 Å². The van der Waals surface area contributed by atoms with Gasteiger partial charge in [0.1, 0.15) is 17.7 Å². The zero-order valence-electron chi connectivity index (χ0n) is 17.2. The fourth-order valence-electron chi connectivity index (χ4n) is 4.32. The van der Waals surface area contributed by atoms with Crippen molar-refractivity contribution >= 4 is 16.7 Å². The lowest BCUT2D eigenvalue weighted by atomic mass is 9.93. The summed E-state index contributed by atoms with van der Waals surface area (Å²) in [6.07, 6.45) is 11.8. The van der Waals surface area contributed by atoms with Crippen LogP contribution in [0.3, 0.4) is 0 Å². The van der Waals surface area contributed by atoms with Gasteiger partial charge in [0.05, 0.1) is 43.8 Å². The normalized spacial score (nSPS) is 22.2. The van der Waals surface area contributed by atoms with Gasteiger partial charge in [0, 0.05) is 37.6 Å². The summed E-state index contributed by atoms with van der Waals surface area (Å²) < 4.78 is 19.6. The van der Waals surface area contributed by atoms with Crippen LogP contribution in [0.15, 0.2) is 37.1 Å². The van der Waals surface area contributed by atoms with Gasteiger partial charge in [-0.2, -0.15) is 4.98 Å². The van der Waals surface area contributed by atoms with Gasteiger partial charge in [-0.05, 0) is 31.7 Å². The zero-order chi connectivity index (χ0) is 20.3. The highest BCUT2D eigenvalue weighted by atomic mass is 16.5. The Kier molecular flexibility index (Phi) is 5.40. The molecule has 0 radical (unpaired) electrons. The van der Waals surface area contributed by atoms with Gasteiger partial charge >= 0.3 is 0 Å². The molecule has 0 spiro atoms. The molecule has 1 saturated heterocycles. The lowest BCUT2D eigenvalue weighted by molar-refractivity contribution is 0.121. The van der Waals surface area contributed by atoms with E-state index in [1.807, 2.05) is 30.9 Å². The lowest BCUT2D eigenvalue weighted by Gasteiger charge is -2.31. The van der Waals surface area contributed by atoms with Crippen LogP contribution in [0, 0.1) is 0 Å². The monoisotopic (exact) mass is 409 g/mol. The van der Waals surface area contributed by atoms with Crippen LogP contribution >= 0.6 is 0 Å². The van der Waals surface area contributed by atoms with E-state index in [4.69, 9.17) is 19.2 Å². The molecule has 2 aliphatic rings. The van der Waals surface area contributed by atoms with Crippen molar-refractivity contribution in [3.05, 3.63) is 37.1 Å². The lowest BCUT2D eigenvalue weighted by Crippen LogP contribution is -2.36. The molecule has 0 unspecified atom stereocenters. The van der Waals surface area contributed by atoms with E-state index in [2.05, 4.69) is 19.4 Å². The van der Waals surface area contributed by atoms with Crippen molar-refractivity contribution in [2.45, 2.75) is 37.8 Å². The smallest absolute Gasteiger partial charge is 0.225 e. The van der Waals surface area contributed by atoms with Crippen molar-refractivity contribution in [3.8, 4) is 11.6 Å². The molecule has 3 aromatic heterocycles. The van der Waals surface area contributed by atoms with E-state index in [0.717, 1.165) is 55.5 Å².